The molecule has 0 saturated heterocycles. The van der Waals surface area contributed by atoms with Gasteiger partial charge in [0.05, 0.1) is 12.8 Å². The molecule has 0 aliphatic heterocycles. The van der Waals surface area contributed by atoms with E-state index in [-0.39, 0.29) is 6.54 Å². The molecule has 2 aromatic heterocycles. The Morgan fingerprint density at radius 1 is 1.40 bits per heavy atom. The van der Waals surface area contributed by atoms with Crippen molar-refractivity contribution >= 4 is 11.9 Å². The number of nitrogens with one attached hydrogen (secondary N) is 1. The molecular weight excluding hydrogens is 260 g/mol. The minimum atomic E-state index is -1.02. The summed E-state index contributed by atoms with van der Waals surface area (Å²) in [5.41, 5.74) is 0.514. The van der Waals surface area contributed by atoms with Crippen LogP contribution in [0.1, 0.15) is 24.4 Å². The third-order valence-corrected chi connectivity index (χ3v) is 2.53. The van der Waals surface area contributed by atoms with Crippen molar-refractivity contribution in [1.29, 1.82) is 0 Å². The molecule has 0 aliphatic carbocycles. The lowest BCUT2D eigenvalue weighted by Crippen LogP contribution is -2.31. The molecule has 0 fully saturated rings. The number of rotatable bonds is 5. The maximum Gasteiger partial charge on any atom is 0.303 e. The van der Waals surface area contributed by atoms with Crippen molar-refractivity contribution < 1.29 is 18.7 Å². The molecule has 0 saturated carbocycles. The fraction of sp³-hybridized carbons (Fsp3) is 0.214. The molecule has 1 amide bonds. The third kappa shape index (κ3) is 3.68. The Morgan fingerprint density at radius 3 is 2.85 bits per heavy atom. The predicted molar refractivity (Wildman–Crippen MR) is 69.3 cm³/mol. The van der Waals surface area contributed by atoms with Gasteiger partial charge in [-0.1, -0.05) is 6.07 Å². The van der Waals surface area contributed by atoms with Gasteiger partial charge in [0.15, 0.2) is 0 Å². The van der Waals surface area contributed by atoms with Gasteiger partial charge in [-0.25, -0.2) is 0 Å². The molecule has 2 rings (SSSR count). The molecule has 6 heteroatoms. The van der Waals surface area contributed by atoms with Crippen molar-refractivity contribution in [2.75, 3.05) is 0 Å². The summed E-state index contributed by atoms with van der Waals surface area (Å²) in [5.74, 6) is -0.345. The lowest BCUT2D eigenvalue weighted by molar-refractivity contribution is -0.154. The van der Waals surface area contributed by atoms with Crippen LogP contribution in [-0.2, 0) is 20.9 Å². The first-order valence-corrected chi connectivity index (χ1v) is 6.04. The fourth-order valence-corrected chi connectivity index (χ4v) is 1.65. The van der Waals surface area contributed by atoms with Crippen molar-refractivity contribution in [2.45, 2.75) is 19.6 Å². The number of amides is 1. The topological polar surface area (TPSA) is 81.4 Å². The van der Waals surface area contributed by atoms with E-state index in [1.54, 1.807) is 30.5 Å². The van der Waals surface area contributed by atoms with E-state index < -0.39 is 18.0 Å². The summed E-state index contributed by atoms with van der Waals surface area (Å²) in [6, 6.07) is 6.82. The van der Waals surface area contributed by atoms with Gasteiger partial charge in [-0.05, 0) is 18.2 Å². The molecular formula is C14H14N2O4. The first-order chi connectivity index (χ1) is 9.66. The van der Waals surface area contributed by atoms with Crippen molar-refractivity contribution in [3.8, 4) is 0 Å². The second-order valence-corrected chi connectivity index (χ2v) is 4.07. The zero-order chi connectivity index (χ0) is 14.4. The minimum absolute atomic E-state index is 0.226. The highest BCUT2D eigenvalue weighted by Gasteiger charge is 2.23. The van der Waals surface area contributed by atoms with E-state index in [1.165, 1.54) is 19.4 Å². The summed E-state index contributed by atoms with van der Waals surface area (Å²) in [6.07, 6.45) is 3.57. The number of nitrogens with zero attached hydrogens (tertiary/aromatic N) is 1. The summed E-state index contributed by atoms with van der Waals surface area (Å²) < 4.78 is 10.2. The molecule has 0 aromatic carbocycles. The van der Waals surface area contributed by atoms with E-state index >= 15 is 0 Å². The number of hydrogen-bond acceptors (Lipinski definition) is 5. The van der Waals surface area contributed by atoms with E-state index in [1.807, 2.05) is 0 Å². The SMILES string of the molecule is CC(=O)O[C@@H](C(=O)NCc1ccco1)c1cccnc1. The first kappa shape index (κ1) is 13.8. The minimum Gasteiger partial charge on any atom is -0.467 e. The van der Waals surface area contributed by atoms with Crippen molar-refractivity contribution in [3.05, 3.63) is 54.2 Å². The lowest BCUT2D eigenvalue weighted by atomic mass is 10.1. The average molecular weight is 274 g/mol. The van der Waals surface area contributed by atoms with Crippen molar-refractivity contribution in [2.24, 2.45) is 0 Å². The van der Waals surface area contributed by atoms with Gasteiger partial charge in [0.2, 0.25) is 6.10 Å². The molecule has 6 nitrogen and oxygen atoms in total. The first-order valence-electron chi connectivity index (χ1n) is 6.04. The van der Waals surface area contributed by atoms with Crippen LogP contribution in [0.15, 0.2) is 47.3 Å². The Morgan fingerprint density at radius 2 is 2.25 bits per heavy atom. The molecule has 1 atom stereocenters. The number of carbonyl (C=O) groups is 2. The summed E-state index contributed by atoms with van der Waals surface area (Å²) in [6.45, 7) is 1.48. The number of hydrogen-bond donors (Lipinski definition) is 1. The van der Waals surface area contributed by atoms with Crippen LogP contribution >= 0.6 is 0 Å². The zero-order valence-corrected chi connectivity index (χ0v) is 10.9. The number of carbonyl (C=O) groups excluding carboxylic acids is 2. The van der Waals surface area contributed by atoms with Crippen LogP contribution in [0.25, 0.3) is 0 Å². The summed E-state index contributed by atoms with van der Waals surface area (Å²) in [7, 11) is 0. The van der Waals surface area contributed by atoms with Gasteiger partial charge in [0.25, 0.3) is 5.91 Å². The van der Waals surface area contributed by atoms with Crippen LogP contribution in [0.4, 0.5) is 0 Å². The maximum absolute atomic E-state index is 12.1. The Hall–Kier alpha value is -2.63. The van der Waals surface area contributed by atoms with Crippen LogP contribution in [0.3, 0.4) is 0 Å². The molecule has 0 unspecified atom stereocenters. The fourth-order valence-electron chi connectivity index (χ4n) is 1.65. The second-order valence-electron chi connectivity index (χ2n) is 4.07. The number of aromatic nitrogens is 1. The maximum atomic E-state index is 12.1. The van der Waals surface area contributed by atoms with Gasteiger partial charge in [-0.15, -0.1) is 0 Å². The molecule has 2 heterocycles. The number of pyridine rings is 1. The number of esters is 1. The van der Waals surface area contributed by atoms with Crippen LogP contribution in [0.5, 0.6) is 0 Å². The second kappa shape index (κ2) is 6.51. The predicted octanol–water partition coefficient (Wildman–Crippen LogP) is 1.60. The van der Waals surface area contributed by atoms with E-state index in [4.69, 9.17) is 9.15 Å². The number of furan rings is 1. The molecule has 104 valence electrons. The van der Waals surface area contributed by atoms with Crippen LogP contribution in [0, 0.1) is 0 Å². The third-order valence-electron chi connectivity index (χ3n) is 2.53. The highest BCUT2D eigenvalue weighted by atomic mass is 16.5. The van der Waals surface area contributed by atoms with E-state index in [0.29, 0.717) is 11.3 Å². The van der Waals surface area contributed by atoms with Gasteiger partial charge in [0, 0.05) is 24.9 Å². The summed E-state index contributed by atoms with van der Waals surface area (Å²) in [5, 5.41) is 2.65. The standard InChI is InChI=1S/C14H14N2O4/c1-10(17)20-13(11-4-2-6-15-8-11)14(18)16-9-12-5-3-7-19-12/h2-8,13H,9H2,1H3,(H,16,18)/t13-/m1/s1. The Bertz CT molecular complexity index is 566. The molecule has 0 aliphatic rings. The molecule has 0 bridgehead atoms. The van der Waals surface area contributed by atoms with Crippen molar-refractivity contribution in [1.82, 2.24) is 10.3 Å². The highest BCUT2D eigenvalue weighted by molar-refractivity contribution is 5.84. The Kier molecular flexibility index (Phi) is 4.49. The Balaban J connectivity index is 2.06. The van der Waals surface area contributed by atoms with E-state index in [0.717, 1.165) is 0 Å². The van der Waals surface area contributed by atoms with Crippen LogP contribution in [0.2, 0.25) is 0 Å². The van der Waals surface area contributed by atoms with Crippen LogP contribution < -0.4 is 5.32 Å². The summed E-state index contributed by atoms with van der Waals surface area (Å²) in [4.78, 5) is 27.2. The Labute approximate surface area is 115 Å². The van der Waals surface area contributed by atoms with Gasteiger partial charge >= 0.3 is 5.97 Å². The summed E-state index contributed by atoms with van der Waals surface area (Å²) >= 11 is 0. The number of ether oxygens (including phenoxy) is 1. The quantitative estimate of drug-likeness (QED) is 0.837. The normalized spacial score (nSPS) is 11.7. The van der Waals surface area contributed by atoms with E-state index in [2.05, 4.69) is 10.3 Å². The highest BCUT2D eigenvalue weighted by Crippen LogP contribution is 2.17. The van der Waals surface area contributed by atoms with Crippen LogP contribution in [-0.4, -0.2) is 16.9 Å². The molecule has 0 radical (unpaired) electrons. The van der Waals surface area contributed by atoms with Gasteiger partial charge in [-0.2, -0.15) is 0 Å². The van der Waals surface area contributed by atoms with Gasteiger partial charge in [0.1, 0.15) is 5.76 Å². The van der Waals surface area contributed by atoms with Gasteiger partial charge < -0.3 is 14.5 Å². The smallest absolute Gasteiger partial charge is 0.303 e. The van der Waals surface area contributed by atoms with Crippen molar-refractivity contribution in [3.63, 3.8) is 0 Å². The molecule has 20 heavy (non-hydrogen) atoms. The lowest BCUT2D eigenvalue weighted by Gasteiger charge is -2.16. The monoisotopic (exact) mass is 274 g/mol. The molecule has 1 N–H and O–H groups in total. The molecule has 0 spiro atoms. The zero-order valence-electron chi connectivity index (χ0n) is 10.9. The van der Waals surface area contributed by atoms with E-state index in [9.17, 15) is 9.59 Å². The largest absolute Gasteiger partial charge is 0.467 e. The molecule has 2 aromatic rings. The van der Waals surface area contributed by atoms with Gasteiger partial charge in [-0.3, -0.25) is 14.6 Å². The average Bonchev–Trinajstić information content (AvgIpc) is 2.96.